The minimum Gasteiger partial charge on any atom is -0.496 e. The number of rotatable bonds is 6. The first kappa shape index (κ1) is 15.1. The Balaban J connectivity index is 2.40. The van der Waals surface area contributed by atoms with E-state index in [0.717, 1.165) is 0 Å². The maximum Gasteiger partial charge on any atom is 0.522 e. The highest BCUT2D eigenvalue weighted by atomic mass is 35.5. The molecule has 1 aromatic carbocycles. The molecular weight excluding hydrogens is 271 g/mol. The second kappa shape index (κ2) is 6.82. The number of nitrogens with one attached hydrogen (secondary N) is 1. The maximum absolute atomic E-state index is 11.7. The molecule has 18 heavy (non-hydrogen) atoms. The molecule has 102 valence electrons. The molecule has 0 aliphatic carbocycles. The van der Waals surface area contributed by atoms with E-state index in [1.165, 1.54) is 7.11 Å². The van der Waals surface area contributed by atoms with Crippen LogP contribution in [-0.4, -0.2) is 26.6 Å². The Kier molecular flexibility index (Phi) is 5.71. The lowest BCUT2D eigenvalue weighted by molar-refractivity contribution is -0.323. The maximum atomic E-state index is 11.7. The third-order valence-electron chi connectivity index (χ3n) is 2.14. The molecule has 0 saturated carbocycles. The molecule has 0 amide bonds. The number of hydrogen-bond donors (Lipinski definition) is 1. The van der Waals surface area contributed by atoms with Crippen molar-refractivity contribution in [3.05, 3.63) is 28.8 Å². The first-order chi connectivity index (χ1) is 8.44. The van der Waals surface area contributed by atoms with E-state index in [4.69, 9.17) is 16.3 Å². The van der Waals surface area contributed by atoms with Crippen molar-refractivity contribution >= 4 is 11.6 Å². The fraction of sp³-hybridized carbons (Fsp3) is 0.455. The molecule has 1 aromatic rings. The molecule has 0 saturated heterocycles. The van der Waals surface area contributed by atoms with E-state index in [-0.39, 0.29) is 6.54 Å². The van der Waals surface area contributed by atoms with Crippen molar-refractivity contribution in [2.45, 2.75) is 12.9 Å². The number of benzene rings is 1. The van der Waals surface area contributed by atoms with Gasteiger partial charge in [-0.15, -0.1) is 13.2 Å². The number of alkyl halides is 3. The number of halogens is 4. The fourth-order valence-electron chi connectivity index (χ4n) is 1.35. The van der Waals surface area contributed by atoms with Gasteiger partial charge in [-0.1, -0.05) is 17.7 Å². The molecule has 3 nitrogen and oxygen atoms in total. The standard InChI is InChI=1S/C11H13ClF3NO2/c1-17-10-4-2-3-9(12)8(10)7-16-5-6-18-11(13,14)15/h2-4,16H,5-7H2,1H3. The molecule has 0 unspecified atom stereocenters. The van der Waals surface area contributed by atoms with Gasteiger partial charge in [0.25, 0.3) is 0 Å². The average Bonchev–Trinajstić information content (AvgIpc) is 2.29. The van der Waals surface area contributed by atoms with Gasteiger partial charge in [0.1, 0.15) is 5.75 Å². The van der Waals surface area contributed by atoms with Crippen LogP contribution in [0.4, 0.5) is 13.2 Å². The second-order valence-corrected chi connectivity index (χ2v) is 3.80. The van der Waals surface area contributed by atoms with Gasteiger partial charge in [0.05, 0.1) is 13.7 Å². The second-order valence-electron chi connectivity index (χ2n) is 3.39. The molecule has 0 atom stereocenters. The highest BCUT2D eigenvalue weighted by Crippen LogP contribution is 2.25. The Labute approximate surface area is 108 Å². The van der Waals surface area contributed by atoms with Gasteiger partial charge in [-0.2, -0.15) is 0 Å². The van der Waals surface area contributed by atoms with Crippen LogP contribution >= 0.6 is 11.6 Å². The SMILES string of the molecule is COc1cccc(Cl)c1CNCCOC(F)(F)F. The predicted octanol–water partition coefficient (Wildman–Crippen LogP) is 2.97. The fourth-order valence-corrected chi connectivity index (χ4v) is 1.59. The summed E-state index contributed by atoms with van der Waals surface area (Å²) in [5.74, 6) is 0.590. The van der Waals surface area contributed by atoms with Gasteiger partial charge in [0.2, 0.25) is 0 Å². The van der Waals surface area contributed by atoms with Gasteiger partial charge in [-0.25, -0.2) is 0 Å². The summed E-state index contributed by atoms with van der Waals surface area (Å²) in [6.45, 7) is -0.0752. The Bertz CT molecular complexity index is 385. The molecule has 0 aliphatic rings. The smallest absolute Gasteiger partial charge is 0.496 e. The summed E-state index contributed by atoms with van der Waals surface area (Å²) in [5.41, 5.74) is 0.702. The van der Waals surface area contributed by atoms with E-state index in [9.17, 15) is 13.2 Å². The highest BCUT2D eigenvalue weighted by Gasteiger charge is 2.28. The Hall–Kier alpha value is -0.980. The largest absolute Gasteiger partial charge is 0.522 e. The minimum absolute atomic E-state index is 0.0634. The molecule has 1 N–H and O–H groups in total. The van der Waals surface area contributed by atoms with E-state index in [0.29, 0.717) is 22.9 Å². The van der Waals surface area contributed by atoms with Crippen molar-refractivity contribution < 1.29 is 22.6 Å². The summed E-state index contributed by atoms with van der Waals surface area (Å²) in [6.07, 6.45) is -4.59. The molecule has 0 radical (unpaired) electrons. The zero-order valence-corrected chi connectivity index (χ0v) is 10.4. The van der Waals surface area contributed by atoms with Gasteiger partial charge in [0, 0.05) is 23.7 Å². The van der Waals surface area contributed by atoms with Crippen LogP contribution in [-0.2, 0) is 11.3 Å². The van der Waals surface area contributed by atoms with Crippen LogP contribution in [0.2, 0.25) is 5.02 Å². The van der Waals surface area contributed by atoms with Gasteiger partial charge >= 0.3 is 6.36 Å². The third kappa shape index (κ3) is 5.12. The molecule has 0 bridgehead atoms. The highest BCUT2D eigenvalue weighted by molar-refractivity contribution is 6.31. The zero-order chi connectivity index (χ0) is 13.6. The molecule has 0 aliphatic heterocycles. The van der Waals surface area contributed by atoms with Crippen LogP contribution in [0.15, 0.2) is 18.2 Å². The van der Waals surface area contributed by atoms with E-state index in [2.05, 4.69) is 10.1 Å². The lowest BCUT2D eigenvalue weighted by atomic mass is 10.2. The van der Waals surface area contributed by atoms with Gasteiger partial charge < -0.3 is 10.1 Å². The van der Waals surface area contributed by atoms with Gasteiger partial charge in [-0.05, 0) is 12.1 Å². The van der Waals surface area contributed by atoms with E-state index in [1.807, 2.05) is 0 Å². The minimum atomic E-state index is -4.59. The summed E-state index contributed by atoms with van der Waals surface area (Å²) in [5, 5.41) is 3.30. The lowest BCUT2D eigenvalue weighted by Gasteiger charge is -2.12. The van der Waals surface area contributed by atoms with Gasteiger partial charge in [-0.3, -0.25) is 4.74 Å². The Morgan fingerprint density at radius 3 is 2.67 bits per heavy atom. The number of hydrogen-bond acceptors (Lipinski definition) is 3. The lowest BCUT2D eigenvalue weighted by Crippen LogP contribution is -2.24. The summed E-state index contributed by atoms with van der Waals surface area (Å²) in [7, 11) is 1.50. The third-order valence-corrected chi connectivity index (χ3v) is 2.50. The molecule has 7 heteroatoms. The topological polar surface area (TPSA) is 30.5 Å². The van der Waals surface area contributed by atoms with E-state index in [1.54, 1.807) is 18.2 Å². The molecule has 1 rings (SSSR count). The van der Waals surface area contributed by atoms with Gasteiger partial charge in [0.15, 0.2) is 0 Å². The Morgan fingerprint density at radius 2 is 2.06 bits per heavy atom. The van der Waals surface area contributed by atoms with Crippen molar-refractivity contribution in [1.29, 1.82) is 0 Å². The first-order valence-corrected chi connectivity index (χ1v) is 5.54. The quantitative estimate of drug-likeness (QED) is 0.814. The van der Waals surface area contributed by atoms with Crippen molar-refractivity contribution in [2.75, 3.05) is 20.3 Å². The monoisotopic (exact) mass is 283 g/mol. The number of ether oxygens (including phenoxy) is 2. The molecule has 0 fully saturated rings. The molecule has 0 aromatic heterocycles. The predicted molar refractivity (Wildman–Crippen MR) is 61.7 cm³/mol. The average molecular weight is 284 g/mol. The number of methoxy groups -OCH3 is 1. The summed E-state index contributed by atoms with van der Waals surface area (Å²) >= 11 is 5.96. The van der Waals surface area contributed by atoms with Crippen LogP contribution < -0.4 is 10.1 Å². The van der Waals surface area contributed by atoms with Crippen LogP contribution in [0.25, 0.3) is 0 Å². The van der Waals surface area contributed by atoms with Crippen LogP contribution in [0.3, 0.4) is 0 Å². The molecular formula is C11H13ClF3NO2. The van der Waals surface area contributed by atoms with Crippen molar-refractivity contribution in [3.63, 3.8) is 0 Å². The van der Waals surface area contributed by atoms with Crippen molar-refractivity contribution in [1.82, 2.24) is 5.32 Å². The van der Waals surface area contributed by atoms with Crippen molar-refractivity contribution in [2.24, 2.45) is 0 Å². The Morgan fingerprint density at radius 1 is 1.33 bits per heavy atom. The van der Waals surface area contributed by atoms with Crippen molar-refractivity contribution in [3.8, 4) is 5.75 Å². The summed E-state index contributed by atoms with van der Waals surface area (Å²) in [6, 6.07) is 5.15. The first-order valence-electron chi connectivity index (χ1n) is 5.17. The molecule has 0 spiro atoms. The normalized spacial score (nSPS) is 11.6. The van der Waals surface area contributed by atoms with Crippen LogP contribution in [0.1, 0.15) is 5.56 Å². The van der Waals surface area contributed by atoms with Crippen LogP contribution in [0.5, 0.6) is 5.75 Å². The van der Waals surface area contributed by atoms with E-state index < -0.39 is 13.0 Å². The van der Waals surface area contributed by atoms with E-state index >= 15 is 0 Å². The zero-order valence-electron chi connectivity index (χ0n) is 9.68. The molecule has 0 heterocycles. The summed E-state index contributed by atoms with van der Waals surface area (Å²) in [4.78, 5) is 0. The summed E-state index contributed by atoms with van der Waals surface area (Å²) < 4.78 is 43.8. The van der Waals surface area contributed by atoms with Crippen LogP contribution in [0, 0.1) is 0 Å².